The Balaban J connectivity index is 0.00000176. The number of rotatable bonds is 3. The molecule has 0 aliphatic carbocycles. The molecule has 0 spiro atoms. The second-order valence-corrected chi connectivity index (χ2v) is 5.41. The van der Waals surface area contributed by atoms with E-state index in [4.69, 9.17) is 4.42 Å². The minimum atomic E-state index is 0. The van der Waals surface area contributed by atoms with E-state index >= 15 is 0 Å². The smallest absolute Gasteiger partial charge is 0.228 e. The average Bonchev–Trinajstić information content (AvgIpc) is 2.95. The summed E-state index contributed by atoms with van der Waals surface area (Å²) in [5, 5.41) is 6.24. The van der Waals surface area contributed by atoms with Crippen molar-refractivity contribution >= 4 is 24.0 Å². The zero-order chi connectivity index (χ0) is 14.7. The molecule has 0 bridgehead atoms. The summed E-state index contributed by atoms with van der Waals surface area (Å²) >= 11 is 0. The standard InChI is InChI=1S/C16H19N3O2.ClH/c1-11-10-21-16(18-11)12-4-2-6-14(8-12)19-15(20)13-5-3-7-17-9-13;/h2,4,6,8,10,13,17H,3,5,7,9H2,1H3,(H,19,20);1H. The van der Waals surface area contributed by atoms with Gasteiger partial charge in [0.1, 0.15) is 6.26 Å². The fraction of sp³-hybridized carbons (Fsp3) is 0.375. The molecule has 5 nitrogen and oxygen atoms in total. The van der Waals surface area contributed by atoms with Crippen LogP contribution in [0.4, 0.5) is 5.69 Å². The fourth-order valence-corrected chi connectivity index (χ4v) is 2.54. The number of carbonyl (C=O) groups is 1. The molecule has 1 saturated heterocycles. The number of hydrogen-bond acceptors (Lipinski definition) is 4. The Morgan fingerprint density at radius 3 is 3.00 bits per heavy atom. The van der Waals surface area contributed by atoms with Gasteiger partial charge < -0.3 is 15.1 Å². The maximum Gasteiger partial charge on any atom is 0.228 e. The van der Waals surface area contributed by atoms with Gasteiger partial charge in [0.2, 0.25) is 11.8 Å². The number of amides is 1. The van der Waals surface area contributed by atoms with Gasteiger partial charge in [0.25, 0.3) is 0 Å². The maximum absolute atomic E-state index is 12.2. The molecule has 2 aromatic rings. The summed E-state index contributed by atoms with van der Waals surface area (Å²) in [6, 6.07) is 7.58. The van der Waals surface area contributed by atoms with E-state index in [2.05, 4.69) is 15.6 Å². The van der Waals surface area contributed by atoms with Crippen LogP contribution in [0, 0.1) is 12.8 Å². The molecule has 1 aromatic carbocycles. The van der Waals surface area contributed by atoms with Gasteiger partial charge in [-0.1, -0.05) is 6.07 Å². The van der Waals surface area contributed by atoms with Crippen LogP contribution in [0.15, 0.2) is 34.9 Å². The first-order valence-electron chi connectivity index (χ1n) is 7.26. The summed E-state index contributed by atoms with van der Waals surface area (Å²) < 4.78 is 5.39. The number of nitrogens with zero attached hydrogens (tertiary/aromatic N) is 1. The van der Waals surface area contributed by atoms with E-state index in [0.29, 0.717) is 5.89 Å². The van der Waals surface area contributed by atoms with Crippen molar-refractivity contribution in [1.29, 1.82) is 0 Å². The molecule has 3 rings (SSSR count). The van der Waals surface area contributed by atoms with E-state index in [-0.39, 0.29) is 24.2 Å². The van der Waals surface area contributed by atoms with E-state index < -0.39 is 0 Å². The largest absolute Gasteiger partial charge is 0.444 e. The normalized spacial score (nSPS) is 17.6. The second kappa shape index (κ2) is 7.42. The molecule has 22 heavy (non-hydrogen) atoms. The van der Waals surface area contributed by atoms with Crippen LogP contribution in [0.3, 0.4) is 0 Å². The van der Waals surface area contributed by atoms with Gasteiger partial charge in [-0.15, -0.1) is 12.4 Å². The highest BCUT2D eigenvalue weighted by Crippen LogP contribution is 2.22. The number of aromatic nitrogens is 1. The SMILES string of the molecule is Cc1coc(-c2cccc(NC(=O)C3CCCNC3)c2)n1.Cl. The zero-order valence-electron chi connectivity index (χ0n) is 12.5. The Bertz CT molecular complexity index is 636. The van der Waals surface area contributed by atoms with Crippen molar-refractivity contribution in [2.45, 2.75) is 19.8 Å². The molecule has 1 fully saturated rings. The molecule has 1 atom stereocenters. The molecular weight excluding hydrogens is 302 g/mol. The first-order valence-corrected chi connectivity index (χ1v) is 7.26. The van der Waals surface area contributed by atoms with Crippen LogP contribution in [0.1, 0.15) is 18.5 Å². The fourth-order valence-electron chi connectivity index (χ4n) is 2.54. The maximum atomic E-state index is 12.2. The number of hydrogen-bond donors (Lipinski definition) is 2. The molecule has 118 valence electrons. The van der Waals surface area contributed by atoms with Gasteiger partial charge in [-0.2, -0.15) is 0 Å². The Morgan fingerprint density at radius 2 is 2.32 bits per heavy atom. The van der Waals surface area contributed by atoms with Crippen molar-refractivity contribution in [3.63, 3.8) is 0 Å². The quantitative estimate of drug-likeness (QED) is 0.912. The van der Waals surface area contributed by atoms with Crippen LogP contribution < -0.4 is 10.6 Å². The van der Waals surface area contributed by atoms with Crippen molar-refractivity contribution in [2.75, 3.05) is 18.4 Å². The lowest BCUT2D eigenvalue weighted by Crippen LogP contribution is -2.37. The van der Waals surface area contributed by atoms with Crippen LogP contribution in [0.2, 0.25) is 0 Å². The van der Waals surface area contributed by atoms with Gasteiger partial charge in [-0.25, -0.2) is 4.98 Å². The molecule has 1 unspecified atom stereocenters. The molecule has 6 heteroatoms. The predicted molar refractivity (Wildman–Crippen MR) is 88.1 cm³/mol. The van der Waals surface area contributed by atoms with E-state index in [1.54, 1.807) is 6.26 Å². The van der Waals surface area contributed by atoms with Crippen LogP contribution in [0.5, 0.6) is 0 Å². The van der Waals surface area contributed by atoms with E-state index in [9.17, 15) is 4.79 Å². The number of benzene rings is 1. The minimum absolute atomic E-state index is 0. The van der Waals surface area contributed by atoms with E-state index in [1.165, 1.54) is 0 Å². The summed E-state index contributed by atoms with van der Waals surface area (Å²) in [7, 11) is 0. The number of nitrogens with one attached hydrogen (secondary N) is 2. The molecule has 1 aliphatic rings. The number of oxazole rings is 1. The third kappa shape index (κ3) is 3.87. The molecule has 1 aromatic heterocycles. The number of anilines is 1. The highest BCUT2D eigenvalue weighted by Gasteiger charge is 2.20. The second-order valence-electron chi connectivity index (χ2n) is 5.41. The first kappa shape index (κ1) is 16.5. The van der Waals surface area contributed by atoms with Gasteiger partial charge >= 0.3 is 0 Å². The van der Waals surface area contributed by atoms with Gasteiger partial charge in [0.05, 0.1) is 11.6 Å². The zero-order valence-corrected chi connectivity index (χ0v) is 13.3. The summed E-state index contributed by atoms with van der Waals surface area (Å²) in [6.45, 7) is 3.64. The molecule has 0 saturated carbocycles. The minimum Gasteiger partial charge on any atom is -0.444 e. The third-order valence-corrected chi connectivity index (χ3v) is 3.66. The summed E-state index contributed by atoms with van der Waals surface area (Å²) in [5.41, 5.74) is 2.48. The van der Waals surface area contributed by atoms with E-state index in [0.717, 1.165) is 42.9 Å². The summed E-state index contributed by atoms with van der Waals surface area (Å²) in [5.74, 6) is 0.692. The monoisotopic (exact) mass is 321 g/mol. The molecule has 1 aliphatic heterocycles. The molecular formula is C16H20ClN3O2. The number of halogens is 1. The molecule has 2 heterocycles. The lowest BCUT2D eigenvalue weighted by molar-refractivity contribution is -0.120. The van der Waals surface area contributed by atoms with Crippen molar-refractivity contribution in [2.24, 2.45) is 5.92 Å². The predicted octanol–water partition coefficient (Wildman–Crippen LogP) is 3.01. The Kier molecular flexibility index (Phi) is 5.57. The number of carbonyl (C=O) groups excluding carboxylic acids is 1. The van der Waals surface area contributed by atoms with Crippen LogP contribution in [0.25, 0.3) is 11.5 Å². The molecule has 2 N–H and O–H groups in total. The lowest BCUT2D eigenvalue weighted by Gasteiger charge is -2.21. The lowest BCUT2D eigenvalue weighted by atomic mass is 9.99. The topological polar surface area (TPSA) is 67.2 Å². The van der Waals surface area contributed by atoms with Gasteiger partial charge in [0, 0.05) is 17.8 Å². The molecule has 0 radical (unpaired) electrons. The highest BCUT2D eigenvalue weighted by atomic mass is 35.5. The number of piperidine rings is 1. The summed E-state index contributed by atoms with van der Waals surface area (Å²) in [6.07, 6.45) is 3.61. The summed E-state index contributed by atoms with van der Waals surface area (Å²) in [4.78, 5) is 16.5. The van der Waals surface area contributed by atoms with Crippen molar-refractivity contribution in [3.8, 4) is 11.5 Å². The van der Waals surface area contributed by atoms with Crippen molar-refractivity contribution in [3.05, 3.63) is 36.2 Å². The first-order chi connectivity index (χ1) is 10.2. The van der Waals surface area contributed by atoms with Crippen LogP contribution in [-0.2, 0) is 4.79 Å². The third-order valence-electron chi connectivity index (χ3n) is 3.66. The average molecular weight is 322 g/mol. The van der Waals surface area contributed by atoms with Gasteiger partial charge in [-0.3, -0.25) is 4.79 Å². The van der Waals surface area contributed by atoms with Gasteiger partial charge in [0.15, 0.2) is 0 Å². The number of aryl methyl sites for hydroxylation is 1. The van der Waals surface area contributed by atoms with Crippen molar-refractivity contribution in [1.82, 2.24) is 10.3 Å². The van der Waals surface area contributed by atoms with Crippen molar-refractivity contribution < 1.29 is 9.21 Å². The Labute approximate surface area is 135 Å². The van der Waals surface area contributed by atoms with E-state index in [1.807, 2.05) is 31.2 Å². The van der Waals surface area contributed by atoms with Crippen LogP contribution >= 0.6 is 12.4 Å². The Morgan fingerprint density at radius 1 is 1.45 bits per heavy atom. The highest BCUT2D eigenvalue weighted by molar-refractivity contribution is 5.93. The van der Waals surface area contributed by atoms with Gasteiger partial charge in [-0.05, 0) is 44.5 Å². The van der Waals surface area contributed by atoms with Crippen LogP contribution in [-0.4, -0.2) is 24.0 Å². The molecule has 1 amide bonds. The Hall–Kier alpha value is -1.85.